The molecule has 1 N–H and O–H groups in total. The summed E-state index contributed by atoms with van der Waals surface area (Å²) in [5, 5.41) is 11.6. The zero-order valence-corrected chi connectivity index (χ0v) is 6.43. The fourth-order valence-electron chi connectivity index (χ4n) is 1.17. The summed E-state index contributed by atoms with van der Waals surface area (Å²) in [5.74, 6) is 0.922. The zero-order valence-electron chi connectivity index (χ0n) is 6.43. The molecule has 2 heteroatoms. The van der Waals surface area contributed by atoms with E-state index in [-0.39, 0.29) is 0 Å². The van der Waals surface area contributed by atoms with E-state index in [1.54, 1.807) is 0 Å². The summed E-state index contributed by atoms with van der Waals surface area (Å²) in [5.41, 5.74) is 0. The maximum atomic E-state index is 8.41. The van der Waals surface area contributed by atoms with E-state index in [1.807, 2.05) is 7.05 Å². The lowest BCUT2D eigenvalue weighted by Gasteiger charge is -2.10. The highest BCUT2D eigenvalue weighted by Gasteiger charge is 2.24. The van der Waals surface area contributed by atoms with Crippen LogP contribution in [0.5, 0.6) is 0 Å². The van der Waals surface area contributed by atoms with Crippen LogP contribution in [-0.2, 0) is 0 Å². The van der Waals surface area contributed by atoms with Gasteiger partial charge < -0.3 is 5.32 Å². The fraction of sp³-hybridized carbons (Fsp3) is 0.875. The first kappa shape index (κ1) is 7.56. The molecule has 1 saturated carbocycles. The molecule has 10 heavy (non-hydrogen) atoms. The summed E-state index contributed by atoms with van der Waals surface area (Å²) < 4.78 is 0. The maximum Gasteiger partial charge on any atom is 0.0638 e. The van der Waals surface area contributed by atoms with Crippen LogP contribution in [0.25, 0.3) is 0 Å². The van der Waals surface area contributed by atoms with Gasteiger partial charge in [-0.15, -0.1) is 0 Å². The predicted molar refractivity (Wildman–Crippen MR) is 40.4 cm³/mol. The van der Waals surface area contributed by atoms with Crippen molar-refractivity contribution in [2.24, 2.45) is 5.92 Å². The van der Waals surface area contributed by atoms with E-state index in [2.05, 4.69) is 11.4 Å². The quantitative estimate of drug-likeness (QED) is 0.635. The third-order valence-corrected chi connectivity index (χ3v) is 2.06. The Morgan fingerprint density at radius 3 is 2.80 bits per heavy atom. The summed E-state index contributed by atoms with van der Waals surface area (Å²) >= 11 is 0. The topological polar surface area (TPSA) is 35.8 Å². The van der Waals surface area contributed by atoms with Crippen LogP contribution < -0.4 is 5.32 Å². The van der Waals surface area contributed by atoms with Crippen molar-refractivity contribution in [2.45, 2.75) is 31.7 Å². The second-order valence-electron chi connectivity index (χ2n) is 3.03. The average molecular weight is 138 g/mol. The van der Waals surface area contributed by atoms with E-state index in [0.29, 0.717) is 12.5 Å². The van der Waals surface area contributed by atoms with Crippen LogP contribution in [0.4, 0.5) is 0 Å². The van der Waals surface area contributed by atoms with Crippen LogP contribution in [0.1, 0.15) is 25.7 Å². The first-order chi connectivity index (χ1) is 4.86. The van der Waals surface area contributed by atoms with Gasteiger partial charge in [-0.3, -0.25) is 0 Å². The van der Waals surface area contributed by atoms with Crippen LogP contribution in [-0.4, -0.2) is 13.1 Å². The van der Waals surface area contributed by atoms with Crippen molar-refractivity contribution in [3.63, 3.8) is 0 Å². The van der Waals surface area contributed by atoms with Crippen molar-refractivity contribution in [3.8, 4) is 6.07 Å². The molecule has 0 amide bonds. The molecule has 0 saturated heterocycles. The molecule has 0 radical (unpaired) electrons. The second kappa shape index (κ2) is 3.58. The Morgan fingerprint density at radius 2 is 2.40 bits per heavy atom. The van der Waals surface area contributed by atoms with E-state index >= 15 is 0 Å². The molecule has 1 atom stereocenters. The molecule has 1 aliphatic carbocycles. The van der Waals surface area contributed by atoms with E-state index in [9.17, 15) is 0 Å². The molecule has 0 aromatic heterocycles. The average Bonchev–Trinajstić information content (AvgIpc) is 2.71. The molecule has 56 valence electrons. The third kappa shape index (κ3) is 2.36. The van der Waals surface area contributed by atoms with Crippen molar-refractivity contribution in [1.29, 1.82) is 5.26 Å². The molecule has 0 bridgehead atoms. The number of hydrogen-bond donors (Lipinski definition) is 1. The lowest BCUT2D eigenvalue weighted by Crippen LogP contribution is -2.24. The van der Waals surface area contributed by atoms with E-state index in [1.165, 1.54) is 19.3 Å². The van der Waals surface area contributed by atoms with E-state index in [4.69, 9.17) is 5.26 Å². The Labute approximate surface area is 62.2 Å². The van der Waals surface area contributed by atoms with Gasteiger partial charge in [-0.05, 0) is 19.4 Å². The van der Waals surface area contributed by atoms with Gasteiger partial charge in [-0.2, -0.15) is 5.26 Å². The minimum Gasteiger partial charge on any atom is -0.316 e. The van der Waals surface area contributed by atoms with Gasteiger partial charge in [0, 0.05) is 6.04 Å². The van der Waals surface area contributed by atoms with Crippen molar-refractivity contribution in [1.82, 2.24) is 5.32 Å². The van der Waals surface area contributed by atoms with Crippen molar-refractivity contribution in [3.05, 3.63) is 0 Å². The smallest absolute Gasteiger partial charge is 0.0638 e. The predicted octanol–water partition coefficient (Wildman–Crippen LogP) is 1.29. The summed E-state index contributed by atoms with van der Waals surface area (Å²) in [6.45, 7) is 0. The molecular formula is C8H14N2. The number of nitrogens with zero attached hydrogens (tertiary/aromatic N) is 1. The molecule has 1 aliphatic rings. The fourth-order valence-corrected chi connectivity index (χ4v) is 1.17. The van der Waals surface area contributed by atoms with E-state index < -0.39 is 0 Å². The minimum absolute atomic E-state index is 0.442. The van der Waals surface area contributed by atoms with Gasteiger partial charge in [0.2, 0.25) is 0 Å². The van der Waals surface area contributed by atoms with Gasteiger partial charge in [-0.1, -0.05) is 12.8 Å². The first-order valence-electron chi connectivity index (χ1n) is 3.91. The molecule has 2 nitrogen and oxygen atoms in total. The first-order valence-corrected chi connectivity index (χ1v) is 3.91. The van der Waals surface area contributed by atoms with Gasteiger partial charge in [0.1, 0.15) is 0 Å². The highest BCUT2D eigenvalue weighted by molar-refractivity contribution is 4.85. The number of nitrogens with one attached hydrogen (secondary N) is 1. The number of nitriles is 1. The molecule has 0 spiro atoms. The molecule has 1 fully saturated rings. The summed E-state index contributed by atoms with van der Waals surface area (Å²) in [4.78, 5) is 0. The normalized spacial score (nSPS) is 20.0. The van der Waals surface area contributed by atoms with Crippen molar-refractivity contribution >= 4 is 0 Å². The van der Waals surface area contributed by atoms with Crippen LogP contribution in [0.3, 0.4) is 0 Å². The zero-order chi connectivity index (χ0) is 7.40. The van der Waals surface area contributed by atoms with Crippen LogP contribution in [0, 0.1) is 17.2 Å². The van der Waals surface area contributed by atoms with E-state index in [0.717, 1.165) is 5.92 Å². The Balaban J connectivity index is 2.12. The molecular weight excluding hydrogens is 124 g/mol. The highest BCUT2D eigenvalue weighted by atomic mass is 14.9. The lowest BCUT2D eigenvalue weighted by atomic mass is 10.1. The minimum atomic E-state index is 0.442. The number of hydrogen-bond acceptors (Lipinski definition) is 2. The SMILES string of the molecule is CNC(CC#N)CC1CC1. The second-order valence-corrected chi connectivity index (χ2v) is 3.03. The molecule has 0 heterocycles. The Bertz CT molecular complexity index is 133. The van der Waals surface area contributed by atoms with Gasteiger partial charge in [0.05, 0.1) is 12.5 Å². The van der Waals surface area contributed by atoms with Crippen molar-refractivity contribution < 1.29 is 0 Å². The summed E-state index contributed by atoms with van der Waals surface area (Å²) in [6, 6.07) is 2.63. The molecule has 0 aliphatic heterocycles. The van der Waals surface area contributed by atoms with Gasteiger partial charge in [-0.25, -0.2) is 0 Å². The monoisotopic (exact) mass is 138 g/mol. The largest absolute Gasteiger partial charge is 0.316 e. The van der Waals surface area contributed by atoms with Crippen molar-refractivity contribution in [2.75, 3.05) is 7.05 Å². The van der Waals surface area contributed by atoms with Crippen LogP contribution >= 0.6 is 0 Å². The lowest BCUT2D eigenvalue weighted by molar-refractivity contribution is 0.501. The standard InChI is InChI=1S/C8H14N2/c1-10-8(4-5-9)6-7-2-3-7/h7-8,10H,2-4,6H2,1H3. The molecule has 1 rings (SSSR count). The Kier molecular flexibility index (Phi) is 2.70. The van der Waals surface area contributed by atoms with Gasteiger partial charge in [0.15, 0.2) is 0 Å². The summed E-state index contributed by atoms with van der Waals surface area (Å²) in [6.07, 6.45) is 4.62. The van der Waals surface area contributed by atoms with Crippen LogP contribution in [0.2, 0.25) is 0 Å². The summed E-state index contributed by atoms with van der Waals surface area (Å²) in [7, 11) is 1.93. The van der Waals surface area contributed by atoms with Crippen LogP contribution in [0.15, 0.2) is 0 Å². The van der Waals surface area contributed by atoms with Gasteiger partial charge >= 0.3 is 0 Å². The van der Waals surface area contributed by atoms with Gasteiger partial charge in [0.25, 0.3) is 0 Å². The number of rotatable bonds is 4. The molecule has 0 aromatic carbocycles. The Morgan fingerprint density at radius 1 is 1.70 bits per heavy atom. The maximum absolute atomic E-state index is 8.41. The third-order valence-electron chi connectivity index (χ3n) is 2.06. The highest BCUT2D eigenvalue weighted by Crippen LogP contribution is 2.33. The molecule has 1 unspecified atom stereocenters. The Hall–Kier alpha value is -0.550. The molecule has 0 aromatic rings.